The molecule has 0 aromatic heterocycles. The lowest BCUT2D eigenvalue weighted by Crippen LogP contribution is -1.20. The largest absolute Gasteiger partial charge is 0.0781 e. The van der Waals surface area contributed by atoms with Crippen molar-refractivity contribution in [2.75, 3.05) is 0 Å². The summed E-state index contributed by atoms with van der Waals surface area (Å²) in [5, 5.41) is 0. The molecule has 0 aromatic carbocycles. The Morgan fingerprint density at radius 1 is 1.75 bits per heavy atom. The minimum absolute atomic E-state index is 1.74. The zero-order valence-corrected chi connectivity index (χ0v) is 4.40. The van der Waals surface area contributed by atoms with E-state index in [1.807, 2.05) is 4.08 Å². The van der Waals surface area contributed by atoms with Gasteiger partial charge in [-0.1, -0.05) is 28.7 Å². The summed E-state index contributed by atoms with van der Waals surface area (Å²) in [5.74, 6) is 0. The van der Waals surface area contributed by atoms with Crippen LogP contribution in [-0.4, -0.2) is 0 Å². The van der Waals surface area contributed by atoms with E-state index in [0.717, 1.165) is 0 Å². The van der Waals surface area contributed by atoms with Gasteiger partial charge >= 0.3 is 0 Å². The van der Waals surface area contributed by atoms with Crippen molar-refractivity contribution in [1.29, 1.82) is 0 Å². The molecule has 0 aliphatic heterocycles. The molecular formula is C3H4I. The molecule has 4 heavy (non-hydrogen) atoms. The Morgan fingerprint density at radius 2 is 2.00 bits per heavy atom. The molecule has 0 saturated carbocycles. The lowest BCUT2D eigenvalue weighted by Gasteiger charge is -1.46. The highest BCUT2D eigenvalue weighted by Gasteiger charge is 1.37. The van der Waals surface area contributed by atoms with Crippen LogP contribution in [-0.2, 0) is 0 Å². The summed E-state index contributed by atoms with van der Waals surface area (Å²) < 4.78 is 1.86. The van der Waals surface area contributed by atoms with E-state index < -0.39 is 0 Å². The summed E-state index contributed by atoms with van der Waals surface area (Å²) in [6, 6.07) is 0. The molecule has 0 N–H and O–H groups in total. The molecule has 0 atom stereocenters. The third-order valence-corrected chi connectivity index (χ3v) is 0.598. The van der Waals surface area contributed by atoms with Gasteiger partial charge in [-0.15, -0.1) is 0 Å². The first-order chi connectivity index (χ1) is 1.91. The molecule has 0 heterocycles. The Morgan fingerprint density at radius 3 is 2.00 bits per heavy atom. The first-order valence-corrected chi connectivity index (χ1v) is 2.21. The first kappa shape index (κ1) is 4.47. The van der Waals surface area contributed by atoms with Gasteiger partial charge in [0.1, 0.15) is 0 Å². The van der Waals surface area contributed by atoms with Crippen LogP contribution in [0.2, 0.25) is 0 Å². The van der Waals surface area contributed by atoms with Crippen molar-refractivity contribution in [2.45, 2.75) is 0 Å². The van der Waals surface area contributed by atoms with Crippen molar-refractivity contribution >= 4 is 22.6 Å². The summed E-state index contributed by atoms with van der Waals surface area (Å²) in [6.07, 6.45) is 1.74. The maximum atomic E-state index is 3.42. The van der Waals surface area contributed by atoms with E-state index >= 15 is 0 Å². The van der Waals surface area contributed by atoms with Gasteiger partial charge in [-0.2, -0.15) is 0 Å². The van der Waals surface area contributed by atoms with Crippen molar-refractivity contribution in [3.63, 3.8) is 0 Å². The lowest BCUT2D eigenvalue weighted by molar-refractivity contribution is 2.18. The Kier molecular flexibility index (Phi) is 3.88. The molecule has 0 unspecified atom stereocenters. The van der Waals surface area contributed by atoms with E-state index in [-0.39, 0.29) is 0 Å². The SMILES string of the molecule is [CH2]/C=C/I. The number of rotatable bonds is 0. The van der Waals surface area contributed by atoms with Crippen molar-refractivity contribution in [1.82, 2.24) is 0 Å². The van der Waals surface area contributed by atoms with Crippen molar-refractivity contribution in [2.24, 2.45) is 0 Å². The highest BCUT2D eigenvalue weighted by Crippen LogP contribution is 1.77. The van der Waals surface area contributed by atoms with Crippen LogP contribution in [0.15, 0.2) is 10.2 Å². The molecule has 0 saturated heterocycles. The van der Waals surface area contributed by atoms with Crippen LogP contribution in [0.1, 0.15) is 0 Å². The second-order valence-electron chi connectivity index (χ2n) is 0.362. The zero-order chi connectivity index (χ0) is 3.41. The van der Waals surface area contributed by atoms with Crippen LogP contribution in [0.25, 0.3) is 0 Å². The smallest absolute Gasteiger partial charge is 0.0274 e. The monoisotopic (exact) mass is 167 g/mol. The molecule has 23 valence electrons. The highest BCUT2D eigenvalue weighted by molar-refractivity contribution is 14.1. The van der Waals surface area contributed by atoms with Crippen molar-refractivity contribution in [3.8, 4) is 0 Å². The maximum Gasteiger partial charge on any atom is -0.0274 e. The molecule has 0 rings (SSSR count). The molecular weight excluding hydrogens is 163 g/mol. The second-order valence-corrected chi connectivity index (χ2v) is 1.08. The summed E-state index contributed by atoms with van der Waals surface area (Å²) in [7, 11) is 0. The lowest BCUT2D eigenvalue weighted by atomic mass is 10.8. The molecule has 1 heteroatoms. The van der Waals surface area contributed by atoms with E-state index in [4.69, 9.17) is 0 Å². The van der Waals surface area contributed by atoms with Crippen molar-refractivity contribution < 1.29 is 0 Å². The van der Waals surface area contributed by atoms with Gasteiger partial charge in [0.05, 0.1) is 0 Å². The molecule has 0 bridgehead atoms. The molecule has 1 radical (unpaired) electrons. The number of halogens is 1. The molecule has 0 aliphatic rings. The summed E-state index contributed by atoms with van der Waals surface area (Å²) >= 11 is 2.11. The van der Waals surface area contributed by atoms with Crippen LogP contribution < -0.4 is 0 Å². The molecule has 0 spiro atoms. The maximum absolute atomic E-state index is 3.42. The van der Waals surface area contributed by atoms with E-state index in [1.54, 1.807) is 6.08 Å². The quantitative estimate of drug-likeness (QED) is 0.482. The van der Waals surface area contributed by atoms with Crippen LogP contribution in [0.4, 0.5) is 0 Å². The Balaban J connectivity index is 2.55. The van der Waals surface area contributed by atoms with Crippen LogP contribution >= 0.6 is 22.6 Å². The minimum atomic E-state index is 1.74. The van der Waals surface area contributed by atoms with Gasteiger partial charge in [0.15, 0.2) is 0 Å². The summed E-state index contributed by atoms with van der Waals surface area (Å²) in [5.41, 5.74) is 0. The number of hydrogen-bond donors (Lipinski definition) is 0. The Hall–Kier alpha value is 0.470. The molecule has 0 fully saturated rings. The highest BCUT2D eigenvalue weighted by atomic mass is 127. The first-order valence-electron chi connectivity index (χ1n) is 0.960. The van der Waals surface area contributed by atoms with Gasteiger partial charge in [0, 0.05) is 0 Å². The average Bonchev–Trinajstić information content (AvgIpc) is 1.37. The molecule has 0 nitrogen and oxygen atoms in total. The van der Waals surface area contributed by atoms with Gasteiger partial charge in [-0.05, 0) is 11.0 Å². The van der Waals surface area contributed by atoms with Crippen LogP contribution in [0, 0.1) is 6.92 Å². The van der Waals surface area contributed by atoms with Gasteiger partial charge < -0.3 is 0 Å². The second kappa shape index (κ2) is 3.47. The van der Waals surface area contributed by atoms with E-state index in [2.05, 4.69) is 29.5 Å². The topological polar surface area (TPSA) is 0 Å². The summed E-state index contributed by atoms with van der Waals surface area (Å²) in [6.45, 7) is 3.42. The van der Waals surface area contributed by atoms with Gasteiger partial charge in [0.2, 0.25) is 0 Å². The number of hydrogen-bond acceptors (Lipinski definition) is 0. The molecule has 0 aromatic rings. The normalized spacial score (nSPS) is 9.50. The predicted molar refractivity (Wildman–Crippen MR) is 28.5 cm³/mol. The summed E-state index contributed by atoms with van der Waals surface area (Å²) in [4.78, 5) is 0. The van der Waals surface area contributed by atoms with E-state index in [0.29, 0.717) is 0 Å². The van der Waals surface area contributed by atoms with Crippen LogP contribution in [0.5, 0.6) is 0 Å². The Labute approximate surface area is 40.0 Å². The average molecular weight is 167 g/mol. The predicted octanol–water partition coefficient (Wildman–Crippen LogP) is 1.77. The fraction of sp³-hybridized carbons (Fsp3) is 0. The van der Waals surface area contributed by atoms with Gasteiger partial charge in [0.25, 0.3) is 0 Å². The zero-order valence-electron chi connectivity index (χ0n) is 2.24. The van der Waals surface area contributed by atoms with Gasteiger partial charge in [-0.3, -0.25) is 0 Å². The van der Waals surface area contributed by atoms with E-state index in [9.17, 15) is 0 Å². The van der Waals surface area contributed by atoms with Crippen molar-refractivity contribution in [3.05, 3.63) is 17.1 Å². The van der Waals surface area contributed by atoms with Crippen LogP contribution in [0.3, 0.4) is 0 Å². The minimum Gasteiger partial charge on any atom is -0.0781 e. The van der Waals surface area contributed by atoms with Gasteiger partial charge in [-0.25, -0.2) is 0 Å². The third kappa shape index (κ3) is 2.47. The Bertz CT molecular complexity index is 18.5. The third-order valence-electron chi connectivity index (χ3n) is 0.0891. The molecule has 0 amide bonds. The number of allylic oxidation sites excluding steroid dienone is 1. The fourth-order valence-corrected chi connectivity index (χ4v) is 0. The fourth-order valence-electron chi connectivity index (χ4n) is 0. The van der Waals surface area contributed by atoms with E-state index in [1.165, 1.54) is 0 Å². The standard InChI is InChI=1S/C3H4I/c1-2-3-4/h2-3H,1H2/b3-2+. The molecule has 0 aliphatic carbocycles.